The number of nitrogens with one attached hydrogen (secondary N) is 1. The largest absolute Gasteiger partial charge is 0.497 e. The molecule has 0 atom stereocenters. The molecule has 0 aliphatic carbocycles. The second-order valence-corrected chi connectivity index (χ2v) is 4.18. The summed E-state index contributed by atoms with van der Waals surface area (Å²) in [5.41, 5.74) is 0.967. The number of nitrogens with zero attached hydrogens (tertiary/aromatic N) is 1. The van der Waals surface area contributed by atoms with Gasteiger partial charge < -0.3 is 10.1 Å². The van der Waals surface area contributed by atoms with Crippen molar-refractivity contribution in [2.45, 2.75) is 0 Å². The Balaban J connectivity index is 2.63. The van der Waals surface area contributed by atoms with Crippen molar-refractivity contribution in [1.82, 2.24) is 0 Å². The van der Waals surface area contributed by atoms with Crippen LogP contribution in [-0.4, -0.2) is 24.5 Å². The highest BCUT2D eigenvalue weighted by molar-refractivity contribution is 8.15. The lowest BCUT2D eigenvalue weighted by Gasteiger charge is -2.07. The maximum absolute atomic E-state index is 5.61. The molecule has 0 saturated carbocycles. The fourth-order valence-electron chi connectivity index (χ4n) is 1.01. The molecule has 0 radical (unpaired) electrons. The summed E-state index contributed by atoms with van der Waals surface area (Å²) in [6.07, 6.45) is 0. The van der Waals surface area contributed by atoms with Crippen molar-refractivity contribution < 1.29 is 4.74 Å². The van der Waals surface area contributed by atoms with Gasteiger partial charge in [-0.2, -0.15) is 0 Å². The van der Waals surface area contributed by atoms with Crippen molar-refractivity contribution in [2.24, 2.45) is 4.99 Å². The molecule has 1 aromatic rings. The van der Waals surface area contributed by atoms with E-state index >= 15 is 0 Å². The van der Waals surface area contributed by atoms with Crippen LogP contribution in [0.2, 0.25) is 0 Å². The second-order valence-electron chi connectivity index (χ2n) is 2.64. The van der Waals surface area contributed by atoms with Crippen LogP contribution in [-0.2, 0) is 0 Å². The summed E-state index contributed by atoms with van der Waals surface area (Å²) >= 11 is 7.07. The van der Waals surface area contributed by atoms with E-state index in [9.17, 15) is 0 Å². The second kappa shape index (κ2) is 6.58. The minimum atomic E-state index is 0.482. The number of benzene rings is 1. The molecule has 0 amide bonds. The van der Waals surface area contributed by atoms with Gasteiger partial charge in [0.25, 0.3) is 0 Å². The molecule has 0 aromatic heterocycles. The van der Waals surface area contributed by atoms with Crippen molar-refractivity contribution in [3.05, 3.63) is 24.3 Å². The molecule has 0 saturated heterocycles. The summed E-state index contributed by atoms with van der Waals surface area (Å²) < 4.78 is 5.06. The summed E-state index contributed by atoms with van der Waals surface area (Å²) in [4.78, 5) is 4.07. The molecule has 1 aromatic carbocycles. The number of anilines is 1. The Morgan fingerprint density at radius 2 is 2.13 bits per heavy atom. The van der Waals surface area contributed by atoms with Crippen molar-refractivity contribution in [3.8, 4) is 5.75 Å². The lowest BCUT2D eigenvalue weighted by Crippen LogP contribution is -2.07. The normalized spacial score (nSPS) is 11.3. The lowest BCUT2D eigenvalue weighted by atomic mass is 10.3. The Morgan fingerprint density at radius 3 is 2.60 bits per heavy atom. The van der Waals surface area contributed by atoms with E-state index in [2.05, 4.69) is 10.3 Å². The third-order valence-corrected chi connectivity index (χ3v) is 2.73. The zero-order valence-electron chi connectivity index (χ0n) is 8.66. The van der Waals surface area contributed by atoms with E-state index < -0.39 is 0 Å². The first kappa shape index (κ1) is 12.2. The van der Waals surface area contributed by atoms with Crippen LogP contribution in [0.1, 0.15) is 0 Å². The Labute approximate surface area is 98.9 Å². The molecule has 1 rings (SSSR count). The van der Waals surface area contributed by atoms with Crippen LogP contribution in [0.4, 0.5) is 5.69 Å². The Hall–Kier alpha value is -0.870. The number of amidine groups is 1. The molecule has 5 heteroatoms. The first-order valence-corrected chi connectivity index (χ1v) is 5.88. The van der Waals surface area contributed by atoms with Crippen LogP contribution in [0.3, 0.4) is 0 Å². The number of alkyl halides is 1. The number of halogens is 1. The predicted octanol–water partition coefficient (Wildman–Crippen LogP) is 3.02. The maximum atomic E-state index is 5.61. The molecular formula is C10H13ClN2OS. The van der Waals surface area contributed by atoms with Gasteiger partial charge in [-0.25, -0.2) is 0 Å². The molecule has 82 valence electrons. The van der Waals surface area contributed by atoms with Gasteiger partial charge in [-0.1, -0.05) is 11.8 Å². The number of ether oxygens (including phenoxy) is 1. The average molecular weight is 245 g/mol. The fraction of sp³-hybridized carbons (Fsp3) is 0.300. The van der Waals surface area contributed by atoms with Crippen LogP contribution in [0.25, 0.3) is 0 Å². The smallest absolute Gasteiger partial charge is 0.161 e. The van der Waals surface area contributed by atoms with E-state index in [1.807, 2.05) is 24.3 Å². The number of hydrogen-bond acceptors (Lipinski definition) is 3. The quantitative estimate of drug-likeness (QED) is 0.504. The van der Waals surface area contributed by atoms with Gasteiger partial charge in [-0.05, 0) is 24.3 Å². The Bertz CT molecular complexity index is 327. The summed E-state index contributed by atoms with van der Waals surface area (Å²) in [6, 6.07) is 7.64. The van der Waals surface area contributed by atoms with Gasteiger partial charge in [0.05, 0.1) is 12.3 Å². The fourth-order valence-corrected chi connectivity index (χ4v) is 1.74. The molecular weight excluding hydrogens is 232 g/mol. The van der Waals surface area contributed by atoms with Crippen molar-refractivity contribution in [2.75, 3.05) is 24.7 Å². The third-order valence-electron chi connectivity index (χ3n) is 1.74. The average Bonchev–Trinajstić information content (AvgIpc) is 2.29. The van der Waals surface area contributed by atoms with Gasteiger partial charge in [-0.3, -0.25) is 4.99 Å². The Morgan fingerprint density at radius 1 is 1.47 bits per heavy atom. The third kappa shape index (κ3) is 4.01. The summed E-state index contributed by atoms with van der Waals surface area (Å²) in [5.74, 6) is 0.834. The molecule has 0 heterocycles. The highest BCUT2D eigenvalue weighted by Gasteiger charge is 1.99. The number of hydrogen-bond donors (Lipinski definition) is 1. The van der Waals surface area contributed by atoms with Crippen LogP contribution < -0.4 is 10.1 Å². The van der Waals surface area contributed by atoms with E-state index in [1.54, 1.807) is 14.2 Å². The van der Waals surface area contributed by atoms with E-state index in [0.717, 1.165) is 16.6 Å². The summed E-state index contributed by atoms with van der Waals surface area (Å²) in [7, 11) is 3.37. The highest BCUT2D eigenvalue weighted by Crippen LogP contribution is 2.17. The van der Waals surface area contributed by atoms with Crippen molar-refractivity contribution in [1.29, 1.82) is 0 Å². The van der Waals surface area contributed by atoms with Crippen LogP contribution in [0.5, 0.6) is 5.75 Å². The van der Waals surface area contributed by atoms with Gasteiger partial charge in [0.15, 0.2) is 5.17 Å². The summed E-state index contributed by atoms with van der Waals surface area (Å²) in [5, 5.41) is 4.44. The maximum Gasteiger partial charge on any atom is 0.161 e. The Kier molecular flexibility index (Phi) is 5.36. The van der Waals surface area contributed by atoms with Gasteiger partial charge in [0, 0.05) is 12.7 Å². The zero-order chi connectivity index (χ0) is 11.1. The number of rotatable bonds is 3. The number of thioether (sulfide) groups is 1. The van der Waals surface area contributed by atoms with E-state index in [0.29, 0.717) is 5.21 Å². The summed E-state index contributed by atoms with van der Waals surface area (Å²) in [6.45, 7) is 0. The minimum Gasteiger partial charge on any atom is -0.497 e. The molecule has 15 heavy (non-hydrogen) atoms. The first-order chi connectivity index (χ1) is 7.30. The van der Waals surface area contributed by atoms with Gasteiger partial charge in [-0.15, -0.1) is 11.6 Å². The number of methoxy groups -OCH3 is 1. The highest BCUT2D eigenvalue weighted by atomic mass is 35.5. The van der Waals surface area contributed by atoms with Gasteiger partial charge in [0.2, 0.25) is 0 Å². The molecule has 0 fully saturated rings. The van der Waals surface area contributed by atoms with Crippen LogP contribution >= 0.6 is 23.4 Å². The van der Waals surface area contributed by atoms with E-state index in [4.69, 9.17) is 16.3 Å². The van der Waals surface area contributed by atoms with Crippen LogP contribution in [0, 0.1) is 0 Å². The SMILES string of the molecule is CN=C(Nc1ccc(OC)cc1)SCCl. The van der Waals surface area contributed by atoms with E-state index in [-0.39, 0.29) is 0 Å². The molecule has 0 aliphatic heterocycles. The first-order valence-electron chi connectivity index (χ1n) is 4.36. The molecule has 1 N–H and O–H groups in total. The van der Waals surface area contributed by atoms with Gasteiger partial charge >= 0.3 is 0 Å². The van der Waals surface area contributed by atoms with Crippen molar-refractivity contribution in [3.63, 3.8) is 0 Å². The minimum absolute atomic E-state index is 0.482. The van der Waals surface area contributed by atoms with E-state index in [1.165, 1.54) is 11.8 Å². The number of aliphatic imine (C=N–C) groups is 1. The monoisotopic (exact) mass is 244 g/mol. The molecule has 0 aliphatic rings. The van der Waals surface area contributed by atoms with Crippen molar-refractivity contribution >= 4 is 34.2 Å². The molecule has 0 spiro atoms. The zero-order valence-corrected chi connectivity index (χ0v) is 10.2. The van der Waals surface area contributed by atoms with Crippen LogP contribution in [0.15, 0.2) is 29.3 Å². The molecule has 3 nitrogen and oxygen atoms in total. The molecule has 0 bridgehead atoms. The molecule has 0 unspecified atom stereocenters. The van der Waals surface area contributed by atoms with Gasteiger partial charge in [0.1, 0.15) is 5.75 Å². The predicted molar refractivity (Wildman–Crippen MR) is 68.3 cm³/mol. The standard InChI is InChI=1S/C10H13ClN2OS/c1-12-10(15-7-11)13-8-3-5-9(14-2)6-4-8/h3-6H,7H2,1-2H3,(H,12,13). The lowest BCUT2D eigenvalue weighted by molar-refractivity contribution is 0.415. The topological polar surface area (TPSA) is 33.6 Å².